The van der Waals surface area contributed by atoms with Gasteiger partial charge in [-0.2, -0.15) is 18.3 Å². The maximum Gasteiger partial charge on any atom is 0.418 e. The molecule has 0 saturated carbocycles. The van der Waals surface area contributed by atoms with Gasteiger partial charge in [0.1, 0.15) is 0 Å². The standard InChI is InChI=1S/C13H12F3N3/c1-9(11-7-4-8-17-11)18-19-12-6-3-2-5-10(12)13(14,15)16/h2-8,17,19H,1H3. The molecule has 0 aliphatic heterocycles. The molecule has 6 heteroatoms. The zero-order valence-corrected chi connectivity index (χ0v) is 10.1. The zero-order valence-electron chi connectivity index (χ0n) is 10.1. The first-order chi connectivity index (χ1) is 8.98. The Morgan fingerprint density at radius 2 is 1.89 bits per heavy atom. The molecule has 0 amide bonds. The van der Waals surface area contributed by atoms with Crippen molar-refractivity contribution in [2.24, 2.45) is 5.10 Å². The van der Waals surface area contributed by atoms with E-state index in [0.717, 1.165) is 11.8 Å². The Kier molecular flexibility index (Phi) is 3.59. The Balaban J connectivity index is 2.23. The minimum atomic E-state index is -4.40. The summed E-state index contributed by atoms with van der Waals surface area (Å²) in [6.45, 7) is 1.70. The number of rotatable bonds is 3. The van der Waals surface area contributed by atoms with Crippen molar-refractivity contribution in [3.63, 3.8) is 0 Å². The van der Waals surface area contributed by atoms with Gasteiger partial charge >= 0.3 is 6.18 Å². The SMILES string of the molecule is CC(=NNc1ccccc1C(F)(F)F)c1ccc[nH]1. The molecule has 1 aromatic carbocycles. The van der Waals surface area contributed by atoms with Gasteiger partial charge in [0.2, 0.25) is 0 Å². The molecule has 2 N–H and O–H groups in total. The summed E-state index contributed by atoms with van der Waals surface area (Å²) in [5.74, 6) is 0. The lowest BCUT2D eigenvalue weighted by molar-refractivity contribution is -0.136. The number of halogens is 3. The van der Waals surface area contributed by atoms with Gasteiger partial charge in [0.15, 0.2) is 0 Å². The molecule has 0 bridgehead atoms. The lowest BCUT2D eigenvalue weighted by Crippen LogP contribution is -2.09. The molecule has 0 unspecified atom stereocenters. The molecule has 0 saturated heterocycles. The van der Waals surface area contributed by atoms with Crippen molar-refractivity contribution in [1.82, 2.24) is 4.98 Å². The maximum atomic E-state index is 12.8. The van der Waals surface area contributed by atoms with Gasteiger partial charge < -0.3 is 4.98 Å². The number of anilines is 1. The lowest BCUT2D eigenvalue weighted by atomic mass is 10.2. The van der Waals surface area contributed by atoms with E-state index in [1.165, 1.54) is 18.2 Å². The maximum absolute atomic E-state index is 12.8. The van der Waals surface area contributed by atoms with Gasteiger partial charge in [-0.25, -0.2) is 0 Å². The van der Waals surface area contributed by atoms with Crippen molar-refractivity contribution in [2.75, 3.05) is 5.43 Å². The fraction of sp³-hybridized carbons (Fsp3) is 0.154. The van der Waals surface area contributed by atoms with Gasteiger partial charge in [-0.15, -0.1) is 0 Å². The number of hydrogen-bond donors (Lipinski definition) is 2. The second kappa shape index (κ2) is 5.17. The minimum Gasteiger partial charge on any atom is -0.360 e. The first-order valence-electron chi connectivity index (χ1n) is 5.59. The molecule has 2 aromatic rings. The fourth-order valence-corrected chi connectivity index (χ4v) is 1.59. The van der Waals surface area contributed by atoms with Crippen LogP contribution in [0.1, 0.15) is 18.2 Å². The Bertz CT molecular complexity index is 571. The average molecular weight is 267 g/mol. The normalized spacial score (nSPS) is 12.5. The Labute approximate surface area is 108 Å². The molecular weight excluding hydrogens is 255 g/mol. The lowest BCUT2D eigenvalue weighted by Gasteiger charge is -2.12. The number of alkyl halides is 3. The quantitative estimate of drug-likeness (QED) is 0.643. The van der Waals surface area contributed by atoms with E-state index in [0.29, 0.717) is 5.71 Å². The van der Waals surface area contributed by atoms with Crippen LogP contribution in [-0.2, 0) is 6.18 Å². The van der Waals surface area contributed by atoms with E-state index in [9.17, 15) is 13.2 Å². The molecular formula is C13H12F3N3. The summed E-state index contributed by atoms with van der Waals surface area (Å²) in [7, 11) is 0. The topological polar surface area (TPSA) is 40.2 Å². The van der Waals surface area contributed by atoms with Gasteiger partial charge in [-0.1, -0.05) is 12.1 Å². The monoisotopic (exact) mass is 267 g/mol. The molecule has 0 spiro atoms. The summed E-state index contributed by atoms with van der Waals surface area (Å²) in [5.41, 5.74) is 2.97. The van der Waals surface area contributed by atoms with Crippen molar-refractivity contribution < 1.29 is 13.2 Å². The highest BCUT2D eigenvalue weighted by Gasteiger charge is 2.33. The van der Waals surface area contributed by atoms with Crippen LogP contribution in [0.5, 0.6) is 0 Å². The molecule has 0 aliphatic carbocycles. The van der Waals surface area contributed by atoms with Gasteiger partial charge in [0, 0.05) is 6.20 Å². The summed E-state index contributed by atoms with van der Waals surface area (Å²) in [5, 5.41) is 3.95. The predicted molar refractivity (Wildman–Crippen MR) is 68.1 cm³/mol. The van der Waals surface area contributed by atoms with E-state index in [1.54, 1.807) is 25.3 Å². The highest BCUT2D eigenvalue weighted by Crippen LogP contribution is 2.34. The number of H-pyrrole nitrogens is 1. The Morgan fingerprint density at radius 1 is 1.16 bits per heavy atom. The molecule has 100 valence electrons. The number of nitrogens with one attached hydrogen (secondary N) is 2. The van der Waals surface area contributed by atoms with Gasteiger partial charge in [-0.3, -0.25) is 5.43 Å². The van der Waals surface area contributed by atoms with Crippen molar-refractivity contribution in [3.8, 4) is 0 Å². The summed E-state index contributed by atoms with van der Waals surface area (Å²) in [6.07, 6.45) is -2.68. The molecule has 3 nitrogen and oxygen atoms in total. The van der Waals surface area contributed by atoms with E-state index >= 15 is 0 Å². The average Bonchev–Trinajstić information content (AvgIpc) is 2.89. The van der Waals surface area contributed by atoms with Crippen molar-refractivity contribution in [2.45, 2.75) is 13.1 Å². The number of benzene rings is 1. The second-order valence-electron chi connectivity index (χ2n) is 3.94. The van der Waals surface area contributed by atoms with Gasteiger partial charge in [0.05, 0.1) is 22.7 Å². The van der Waals surface area contributed by atoms with Crippen LogP contribution in [0.2, 0.25) is 0 Å². The van der Waals surface area contributed by atoms with Crippen LogP contribution in [0, 0.1) is 0 Å². The van der Waals surface area contributed by atoms with Crippen LogP contribution in [0.3, 0.4) is 0 Å². The Morgan fingerprint density at radius 3 is 2.53 bits per heavy atom. The predicted octanol–water partition coefficient (Wildman–Crippen LogP) is 3.87. The van der Waals surface area contributed by atoms with Crippen LogP contribution in [0.25, 0.3) is 0 Å². The molecule has 2 rings (SSSR count). The molecule has 1 heterocycles. The molecule has 0 radical (unpaired) electrons. The minimum absolute atomic E-state index is 0.0686. The molecule has 0 fully saturated rings. The molecule has 19 heavy (non-hydrogen) atoms. The molecule has 0 atom stereocenters. The van der Waals surface area contributed by atoms with Crippen LogP contribution in [-0.4, -0.2) is 10.7 Å². The van der Waals surface area contributed by atoms with E-state index in [1.807, 2.05) is 0 Å². The highest BCUT2D eigenvalue weighted by atomic mass is 19.4. The summed E-state index contributed by atoms with van der Waals surface area (Å²) < 4.78 is 38.3. The van der Waals surface area contributed by atoms with E-state index in [4.69, 9.17) is 0 Å². The Hall–Kier alpha value is -2.24. The van der Waals surface area contributed by atoms with E-state index < -0.39 is 11.7 Å². The first-order valence-corrected chi connectivity index (χ1v) is 5.59. The van der Waals surface area contributed by atoms with Crippen LogP contribution in [0.4, 0.5) is 18.9 Å². The smallest absolute Gasteiger partial charge is 0.360 e. The largest absolute Gasteiger partial charge is 0.418 e. The molecule has 1 aromatic heterocycles. The number of hydrazone groups is 1. The number of para-hydroxylation sites is 1. The number of aromatic nitrogens is 1. The van der Waals surface area contributed by atoms with E-state index in [2.05, 4.69) is 15.5 Å². The summed E-state index contributed by atoms with van der Waals surface area (Å²) >= 11 is 0. The third-order valence-electron chi connectivity index (χ3n) is 2.56. The number of nitrogens with zero attached hydrogens (tertiary/aromatic N) is 1. The van der Waals surface area contributed by atoms with Crippen molar-refractivity contribution in [3.05, 3.63) is 53.9 Å². The third-order valence-corrected chi connectivity index (χ3v) is 2.56. The fourth-order valence-electron chi connectivity index (χ4n) is 1.59. The summed E-state index contributed by atoms with van der Waals surface area (Å²) in [6, 6.07) is 8.80. The third kappa shape index (κ3) is 3.15. The van der Waals surface area contributed by atoms with Crippen LogP contribution < -0.4 is 5.43 Å². The zero-order chi connectivity index (χ0) is 13.9. The van der Waals surface area contributed by atoms with E-state index in [-0.39, 0.29) is 5.69 Å². The van der Waals surface area contributed by atoms with Crippen LogP contribution in [0.15, 0.2) is 47.7 Å². The van der Waals surface area contributed by atoms with Gasteiger partial charge in [0.25, 0.3) is 0 Å². The molecule has 0 aliphatic rings. The first kappa shape index (κ1) is 13.2. The highest BCUT2D eigenvalue weighted by molar-refractivity contribution is 5.97. The second-order valence-corrected chi connectivity index (χ2v) is 3.94. The van der Waals surface area contributed by atoms with Crippen LogP contribution >= 0.6 is 0 Å². The van der Waals surface area contributed by atoms with Crippen molar-refractivity contribution >= 4 is 11.4 Å². The number of aromatic amines is 1. The number of hydrogen-bond acceptors (Lipinski definition) is 2. The summed E-state index contributed by atoms with van der Waals surface area (Å²) in [4.78, 5) is 2.93. The van der Waals surface area contributed by atoms with Gasteiger partial charge in [-0.05, 0) is 31.2 Å². The van der Waals surface area contributed by atoms with Crippen molar-refractivity contribution in [1.29, 1.82) is 0 Å².